The van der Waals surface area contributed by atoms with E-state index in [1.165, 1.54) is 7.05 Å². The van der Waals surface area contributed by atoms with E-state index in [2.05, 4.69) is 32.4 Å². The number of nitrogens with one attached hydrogen (secondary N) is 1. The summed E-state index contributed by atoms with van der Waals surface area (Å²) in [5.41, 5.74) is 3.16. The average molecular weight is 466 g/mol. The predicted octanol–water partition coefficient (Wildman–Crippen LogP) is 3.89. The molecule has 152 valence electrons. The summed E-state index contributed by atoms with van der Waals surface area (Å²) in [7, 11) is 1.43. The molecule has 0 saturated carbocycles. The summed E-state index contributed by atoms with van der Waals surface area (Å²) in [5.74, 6) is -0.404. The SMILES string of the molecule is C/C(Nc1cccc(Br)c1)=C(/C(=O)N(C)C=O)C1CC=NN1c1ccc(C#N)cc1. The third-order valence-corrected chi connectivity index (χ3v) is 5.19. The Labute approximate surface area is 183 Å². The molecule has 0 bridgehead atoms. The van der Waals surface area contributed by atoms with E-state index in [0.717, 1.165) is 20.7 Å². The first kappa shape index (κ1) is 21.3. The van der Waals surface area contributed by atoms with Gasteiger partial charge in [-0.2, -0.15) is 10.4 Å². The second kappa shape index (κ2) is 9.37. The van der Waals surface area contributed by atoms with Gasteiger partial charge in [0.1, 0.15) is 0 Å². The number of allylic oxidation sites excluding steroid dienone is 1. The highest BCUT2D eigenvalue weighted by Gasteiger charge is 2.33. The fourth-order valence-corrected chi connectivity index (χ4v) is 3.63. The molecule has 2 aromatic carbocycles. The molecule has 0 aliphatic carbocycles. The fraction of sp³-hybridized carbons (Fsp3) is 0.182. The molecule has 1 heterocycles. The van der Waals surface area contributed by atoms with Crippen molar-refractivity contribution in [1.82, 2.24) is 4.90 Å². The number of anilines is 2. The summed E-state index contributed by atoms with van der Waals surface area (Å²) in [4.78, 5) is 25.4. The number of benzene rings is 2. The number of rotatable bonds is 6. The molecule has 8 heteroatoms. The van der Waals surface area contributed by atoms with E-state index in [1.807, 2.05) is 31.2 Å². The van der Waals surface area contributed by atoms with Crippen LogP contribution in [0.15, 0.2) is 69.4 Å². The Morgan fingerprint density at radius 3 is 2.70 bits per heavy atom. The maximum Gasteiger partial charge on any atom is 0.259 e. The number of carbonyl (C=O) groups excluding carboxylic acids is 2. The second-order valence-corrected chi connectivity index (χ2v) is 7.66. The average Bonchev–Trinajstić information content (AvgIpc) is 3.22. The highest BCUT2D eigenvalue weighted by molar-refractivity contribution is 9.10. The molecule has 0 saturated heterocycles. The van der Waals surface area contributed by atoms with Crippen LogP contribution >= 0.6 is 15.9 Å². The molecule has 1 aliphatic rings. The standard InChI is InChI=1S/C22H20BrN5O2/c1-15(26-18-5-3-4-17(23)12-18)21(22(30)27(2)14-29)20-10-11-25-28(20)19-8-6-16(13-24)7-9-19/h3-9,11-12,14,20,26H,10H2,1-2H3/b21-15-. The van der Waals surface area contributed by atoms with Crippen molar-refractivity contribution in [3.8, 4) is 6.07 Å². The molecule has 2 aromatic rings. The van der Waals surface area contributed by atoms with Gasteiger partial charge in [-0.05, 0) is 49.4 Å². The molecule has 2 amide bonds. The third-order valence-electron chi connectivity index (χ3n) is 4.69. The number of nitriles is 1. The van der Waals surface area contributed by atoms with Crippen molar-refractivity contribution in [2.75, 3.05) is 17.4 Å². The molecule has 30 heavy (non-hydrogen) atoms. The van der Waals surface area contributed by atoms with Crippen LogP contribution in [-0.4, -0.2) is 36.5 Å². The number of hydrazone groups is 1. The van der Waals surface area contributed by atoms with Crippen molar-refractivity contribution in [3.05, 3.63) is 69.8 Å². The molecule has 1 aliphatic heterocycles. The summed E-state index contributed by atoms with van der Waals surface area (Å²) in [6.07, 6.45) is 2.74. The van der Waals surface area contributed by atoms with Crippen molar-refractivity contribution in [1.29, 1.82) is 5.26 Å². The first-order valence-electron chi connectivity index (χ1n) is 9.22. The van der Waals surface area contributed by atoms with Gasteiger partial charge in [0.15, 0.2) is 0 Å². The quantitative estimate of drug-likeness (QED) is 0.516. The summed E-state index contributed by atoms with van der Waals surface area (Å²) in [5, 5.41) is 18.5. The molecular formula is C22H20BrN5O2. The molecule has 1 unspecified atom stereocenters. The van der Waals surface area contributed by atoms with Crippen molar-refractivity contribution in [2.24, 2.45) is 5.10 Å². The molecule has 7 nitrogen and oxygen atoms in total. The number of nitrogens with zero attached hydrogens (tertiary/aromatic N) is 4. The Bertz CT molecular complexity index is 1060. The zero-order chi connectivity index (χ0) is 21.7. The molecule has 0 radical (unpaired) electrons. The number of hydrogen-bond acceptors (Lipinski definition) is 6. The number of likely N-dealkylation sites (N-methyl/N-ethyl adjacent to an activating group) is 1. The van der Waals surface area contributed by atoms with Crippen LogP contribution in [-0.2, 0) is 9.59 Å². The summed E-state index contributed by atoms with van der Waals surface area (Å²) < 4.78 is 0.904. The number of halogens is 1. The largest absolute Gasteiger partial charge is 0.359 e. The first-order valence-corrected chi connectivity index (χ1v) is 10.0. The van der Waals surface area contributed by atoms with E-state index in [1.54, 1.807) is 35.5 Å². The van der Waals surface area contributed by atoms with Gasteiger partial charge in [-0.15, -0.1) is 0 Å². The Hall–Kier alpha value is -3.44. The van der Waals surface area contributed by atoms with Gasteiger partial charge in [0.2, 0.25) is 6.41 Å². The number of hydrogen-bond donors (Lipinski definition) is 1. The number of carbonyl (C=O) groups is 2. The topological polar surface area (TPSA) is 88.8 Å². The van der Waals surface area contributed by atoms with E-state index < -0.39 is 11.9 Å². The van der Waals surface area contributed by atoms with Gasteiger partial charge in [-0.25, -0.2) is 0 Å². The smallest absolute Gasteiger partial charge is 0.259 e. The summed E-state index contributed by atoms with van der Waals surface area (Å²) in [6.45, 7) is 1.81. The lowest BCUT2D eigenvalue weighted by Gasteiger charge is -2.28. The van der Waals surface area contributed by atoms with Crippen LogP contribution in [0.5, 0.6) is 0 Å². The maximum atomic E-state index is 13.1. The Balaban J connectivity index is 2.01. The molecule has 0 aromatic heterocycles. The zero-order valence-corrected chi connectivity index (χ0v) is 18.1. The van der Waals surface area contributed by atoms with E-state index in [0.29, 0.717) is 29.7 Å². The maximum absolute atomic E-state index is 13.1. The van der Waals surface area contributed by atoms with Crippen LogP contribution in [0, 0.1) is 11.3 Å². The van der Waals surface area contributed by atoms with Gasteiger partial charge < -0.3 is 5.32 Å². The molecule has 1 atom stereocenters. The lowest BCUT2D eigenvalue weighted by atomic mass is 10.00. The van der Waals surface area contributed by atoms with E-state index in [4.69, 9.17) is 5.26 Å². The lowest BCUT2D eigenvalue weighted by Crippen LogP contribution is -2.39. The van der Waals surface area contributed by atoms with Gasteiger partial charge in [0, 0.05) is 35.5 Å². The van der Waals surface area contributed by atoms with Crippen LogP contribution < -0.4 is 10.3 Å². The normalized spacial score (nSPS) is 15.9. The third kappa shape index (κ3) is 4.58. The Kier molecular flexibility index (Phi) is 6.65. The Morgan fingerprint density at radius 1 is 1.33 bits per heavy atom. The van der Waals surface area contributed by atoms with Gasteiger partial charge in [-0.1, -0.05) is 22.0 Å². The van der Waals surface area contributed by atoms with E-state index in [-0.39, 0.29) is 0 Å². The van der Waals surface area contributed by atoms with Gasteiger partial charge in [-0.3, -0.25) is 19.5 Å². The van der Waals surface area contributed by atoms with Crippen LogP contribution in [0.4, 0.5) is 11.4 Å². The molecule has 3 rings (SSSR count). The monoisotopic (exact) mass is 465 g/mol. The molecule has 0 fully saturated rings. The minimum atomic E-state index is -0.404. The zero-order valence-electron chi connectivity index (χ0n) is 16.5. The van der Waals surface area contributed by atoms with Crippen molar-refractivity contribution >= 4 is 45.8 Å². The molecule has 0 spiro atoms. The predicted molar refractivity (Wildman–Crippen MR) is 120 cm³/mol. The summed E-state index contributed by atoms with van der Waals surface area (Å²) >= 11 is 3.44. The summed E-state index contributed by atoms with van der Waals surface area (Å²) in [6, 6.07) is 16.3. The number of imide groups is 1. The highest BCUT2D eigenvalue weighted by atomic mass is 79.9. The fourth-order valence-electron chi connectivity index (χ4n) is 3.23. The lowest BCUT2D eigenvalue weighted by molar-refractivity contribution is -0.133. The number of amides is 2. The second-order valence-electron chi connectivity index (χ2n) is 6.75. The van der Waals surface area contributed by atoms with Crippen LogP contribution in [0.3, 0.4) is 0 Å². The van der Waals surface area contributed by atoms with Gasteiger partial charge in [0.25, 0.3) is 5.91 Å². The van der Waals surface area contributed by atoms with Crippen molar-refractivity contribution < 1.29 is 9.59 Å². The van der Waals surface area contributed by atoms with Crippen LogP contribution in [0.2, 0.25) is 0 Å². The minimum absolute atomic E-state index is 0.396. The first-order chi connectivity index (χ1) is 14.4. The van der Waals surface area contributed by atoms with Crippen LogP contribution in [0.25, 0.3) is 0 Å². The van der Waals surface area contributed by atoms with Crippen LogP contribution in [0.1, 0.15) is 18.9 Å². The molecular weight excluding hydrogens is 446 g/mol. The van der Waals surface area contributed by atoms with Crippen molar-refractivity contribution in [3.63, 3.8) is 0 Å². The van der Waals surface area contributed by atoms with Gasteiger partial charge >= 0.3 is 0 Å². The van der Waals surface area contributed by atoms with Crippen molar-refractivity contribution in [2.45, 2.75) is 19.4 Å². The van der Waals surface area contributed by atoms with E-state index >= 15 is 0 Å². The molecule has 1 N–H and O–H groups in total. The van der Waals surface area contributed by atoms with E-state index in [9.17, 15) is 9.59 Å². The minimum Gasteiger partial charge on any atom is -0.359 e. The van der Waals surface area contributed by atoms with Gasteiger partial charge in [0.05, 0.1) is 28.9 Å². The highest BCUT2D eigenvalue weighted by Crippen LogP contribution is 2.30. The Morgan fingerprint density at radius 2 is 2.07 bits per heavy atom.